The minimum atomic E-state index is -3.59. The van der Waals surface area contributed by atoms with Gasteiger partial charge in [0, 0.05) is 36.9 Å². The van der Waals surface area contributed by atoms with Crippen LogP contribution in [0.25, 0.3) is 33.1 Å². The average Bonchev–Trinajstić information content (AvgIpc) is 3.41. The quantitative estimate of drug-likeness (QED) is 0.355. The highest BCUT2D eigenvalue weighted by atomic mass is 32.2. The summed E-state index contributed by atoms with van der Waals surface area (Å²) in [5.41, 5.74) is 4.90. The summed E-state index contributed by atoms with van der Waals surface area (Å²) in [7, 11) is -1.92. The third-order valence-electron chi connectivity index (χ3n) is 6.34. The lowest BCUT2D eigenvalue weighted by Crippen LogP contribution is -2.17. The van der Waals surface area contributed by atoms with Crippen molar-refractivity contribution in [2.24, 2.45) is 7.05 Å². The minimum absolute atomic E-state index is 0.0944. The van der Waals surface area contributed by atoms with Crippen molar-refractivity contribution in [3.05, 3.63) is 81.9 Å². The zero-order chi connectivity index (χ0) is 25.8. The maximum atomic E-state index is 14.1. The molecule has 0 unspecified atom stereocenters. The summed E-state index contributed by atoms with van der Waals surface area (Å²) in [4.78, 5) is 20.3. The largest absolute Gasteiger partial charge is 0.357 e. The molecule has 8 nitrogen and oxygen atoms in total. The van der Waals surface area contributed by atoms with Crippen molar-refractivity contribution in [3.63, 3.8) is 0 Å². The van der Waals surface area contributed by atoms with Gasteiger partial charge in [0.25, 0.3) is 5.56 Å². The number of aryl methyl sites for hydroxylation is 3. The number of sulfonamides is 1. The van der Waals surface area contributed by atoms with E-state index < -0.39 is 10.0 Å². The van der Waals surface area contributed by atoms with Crippen molar-refractivity contribution in [1.29, 1.82) is 0 Å². The molecule has 0 aliphatic carbocycles. The number of pyridine rings is 1. The third kappa shape index (κ3) is 4.17. The van der Waals surface area contributed by atoms with Crippen LogP contribution in [0.2, 0.25) is 0 Å². The molecule has 2 N–H and O–H groups in total. The fourth-order valence-corrected chi connectivity index (χ4v) is 5.23. The Kier molecular flexibility index (Phi) is 5.71. The van der Waals surface area contributed by atoms with Gasteiger partial charge in [-0.1, -0.05) is 6.07 Å². The summed E-state index contributed by atoms with van der Waals surface area (Å²) < 4.78 is 45.3. The molecule has 0 saturated carbocycles. The smallest absolute Gasteiger partial charge is 0.274 e. The average molecular weight is 508 g/mol. The van der Waals surface area contributed by atoms with Crippen LogP contribution in [0, 0.1) is 19.7 Å². The van der Waals surface area contributed by atoms with Crippen LogP contribution >= 0.6 is 0 Å². The van der Waals surface area contributed by atoms with Crippen LogP contribution in [0.15, 0.2) is 53.6 Å². The van der Waals surface area contributed by atoms with Crippen molar-refractivity contribution >= 4 is 37.6 Å². The number of rotatable bonds is 6. The van der Waals surface area contributed by atoms with Gasteiger partial charge in [0.05, 0.1) is 17.0 Å². The lowest BCUT2D eigenvalue weighted by atomic mass is 10.0. The van der Waals surface area contributed by atoms with Gasteiger partial charge in [0.1, 0.15) is 22.7 Å². The molecule has 5 rings (SSSR count). The van der Waals surface area contributed by atoms with E-state index in [2.05, 4.69) is 14.7 Å². The highest BCUT2D eigenvalue weighted by molar-refractivity contribution is 7.92. The molecule has 0 saturated heterocycles. The van der Waals surface area contributed by atoms with Gasteiger partial charge < -0.3 is 14.1 Å². The summed E-state index contributed by atoms with van der Waals surface area (Å²) in [5.74, 6) is 0.251. The lowest BCUT2D eigenvalue weighted by molar-refractivity contribution is 0.602. The highest BCUT2D eigenvalue weighted by Gasteiger charge is 2.19. The molecule has 0 spiro atoms. The van der Waals surface area contributed by atoms with E-state index >= 15 is 0 Å². The summed E-state index contributed by atoms with van der Waals surface area (Å²) in [6, 6.07) is 10.4. The Bertz CT molecular complexity index is 1800. The third-order valence-corrected chi connectivity index (χ3v) is 7.63. The molecule has 3 heterocycles. The van der Waals surface area contributed by atoms with E-state index in [4.69, 9.17) is 0 Å². The zero-order valence-corrected chi connectivity index (χ0v) is 21.2. The van der Waals surface area contributed by atoms with E-state index in [9.17, 15) is 17.6 Å². The molecule has 3 aromatic heterocycles. The summed E-state index contributed by atoms with van der Waals surface area (Å²) in [6.45, 7) is 5.59. The SMILES string of the molecule is CCS(=O)(=O)Nc1cc(-c2cn(C)c(=O)c3[nH]ccc23)cc2c1nc(C)n2Cc1cc(C)cc(F)c1. The van der Waals surface area contributed by atoms with Crippen LogP contribution < -0.4 is 10.3 Å². The zero-order valence-electron chi connectivity index (χ0n) is 20.4. The number of nitrogens with one attached hydrogen (secondary N) is 2. The second-order valence-corrected chi connectivity index (χ2v) is 11.0. The Morgan fingerprint density at radius 2 is 1.92 bits per heavy atom. The van der Waals surface area contributed by atoms with Crippen LogP contribution in [0.1, 0.15) is 23.9 Å². The van der Waals surface area contributed by atoms with Gasteiger partial charge in [-0.15, -0.1) is 0 Å². The molecule has 10 heteroatoms. The van der Waals surface area contributed by atoms with Crippen LogP contribution in [-0.4, -0.2) is 33.3 Å². The summed E-state index contributed by atoms with van der Waals surface area (Å²) >= 11 is 0. The molecular weight excluding hydrogens is 481 g/mol. The number of aromatic nitrogens is 4. The van der Waals surface area contributed by atoms with Crippen LogP contribution in [0.4, 0.5) is 10.1 Å². The number of anilines is 1. The van der Waals surface area contributed by atoms with Gasteiger partial charge in [0.15, 0.2) is 0 Å². The van der Waals surface area contributed by atoms with Crippen molar-refractivity contribution < 1.29 is 12.8 Å². The molecule has 0 bridgehead atoms. The van der Waals surface area contributed by atoms with Crippen LogP contribution in [0.5, 0.6) is 0 Å². The highest BCUT2D eigenvalue weighted by Crippen LogP contribution is 2.35. The monoisotopic (exact) mass is 507 g/mol. The molecule has 0 radical (unpaired) electrons. The maximum absolute atomic E-state index is 14.1. The second kappa shape index (κ2) is 8.63. The lowest BCUT2D eigenvalue weighted by Gasteiger charge is -2.13. The summed E-state index contributed by atoms with van der Waals surface area (Å²) in [6.07, 6.45) is 3.44. The van der Waals surface area contributed by atoms with Crippen molar-refractivity contribution in [2.45, 2.75) is 27.3 Å². The molecule has 0 amide bonds. The first-order chi connectivity index (χ1) is 17.1. The predicted molar refractivity (Wildman–Crippen MR) is 140 cm³/mol. The number of benzene rings is 2. The van der Waals surface area contributed by atoms with Crippen LogP contribution in [0.3, 0.4) is 0 Å². The van der Waals surface area contributed by atoms with E-state index in [-0.39, 0.29) is 17.1 Å². The van der Waals surface area contributed by atoms with Crippen LogP contribution in [-0.2, 0) is 23.6 Å². The Labute approximate surface area is 207 Å². The Morgan fingerprint density at radius 3 is 2.64 bits per heavy atom. The molecule has 186 valence electrons. The first-order valence-electron chi connectivity index (χ1n) is 11.5. The van der Waals surface area contributed by atoms with Gasteiger partial charge >= 0.3 is 0 Å². The molecule has 0 aliphatic rings. The number of halogens is 1. The van der Waals surface area contributed by atoms with Crippen molar-refractivity contribution in [2.75, 3.05) is 10.5 Å². The van der Waals surface area contributed by atoms with Crippen molar-refractivity contribution in [1.82, 2.24) is 19.1 Å². The van der Waals surface area contributed by atoms with E-state index in [0.717, 1.165) is 22.1 Å². The van der Waals surface area contributed by atoms with Gasteiger partial charge in [-0.25, -0.2) is 17.8 Å². The van der Waals surface area contributed by atoms with Crippen molar-refractivity contribution in [3.8, 4) is 11.1 Å². The van der Waals surface area contributed by atoms with E-state index in [0.29, 0.717) is 40.2 Å². The Balaban J connectivity index is 1.79. The molecule has 0 aliphatic heterocycles. The molecule has 0 atom stereocenters. The Hall–Kier alpha value is -3.92. The fourth-order valence-electron chi connectivity index (χ4n) is 4.60. The molecule has 2 aromatic carbocycles. The second-order valence-electron chi connectivity index (χ2n) is 9.00. The normalized spacial score (nSPS) is 12.0. The van der Waals surface area contributed by atoms with E-state index in [1.807, 2.05) is 36.6 Å². The predicted octanol–water partition coefficient (Wildman–Crippen LogP) is 4.45. The van der Waals surface area contributed by atoms with E-state index in [1.165, 1.54) is 16.7 Å². The number of H-pyrrole nitrogens is 1. The number of nitrogens with zero attached hydrogens (tertiary/aromatic N) is 3. The maximum Gasteiger partial charge on any atom is 0.274 e. The van der Waals surface area contributed by atoms with Gasteiger partial charge in [-0.2, -0.15) is 0 Å². The first kappa shape index (κ1) is 23.8. The number of hydrogen-bond acceptors (Lipinski definition) is 4. The topological polar surface area (TPSA) is 102 Å². The molecular formula is C26H26FN5O3S. The minimum Gasteiger partial charge on any atom is -0.357 e. The number of aromatic amines is 1. The number of imidazole rings is 1. The number of fused-ring (bicyclic) bond motifs is 2. The Morgan fingerprint density at radius 1 is 1.14 bits per heavy atom. The summed E-state index contributed by atoms with van der Waals surface area (Å²) in [5, 5.41) is 0.727. The number of hydrogen-bond donors (Lipinski definition) is 2. The standard InChI is InChI=1S/C26H26FN5O3S/c1-5-36(34,35)30-22-11-18(21-14-31(4)26(33)24-20(21)6-7-28-24)12-23-25(22)29-16(3)32(23)13-17-8-15(2)9-19(27)10-17/h6-12,14,28,30H,5,13H2,1-4H3. The fraction of sp³-hybridized carbons (Fsp3) is 0.231. The molecule has 5 aromatic rings. The molecule has 36 heavy (non-hydrogen) atoms. The van der Waals surface area contributed by atoms with E-state index in [1.54, 1.807) is 32.4 Å². The van der Waals surface area contributed by atoms with Gasteiger partial charge in [-0.3, -0.25) is 9.52 Å². The molecule has 0 fully saturated rings. The first-order valence-corrected chi connectivity index (χ1v) is 13.2. The van der Waals surface area contributed by atoms with Gasteiger partial charge in [-0.05, 0) is 67.8 Å². The van der Waals surface area contributed by atoms with Gasteiger partial charge in [0.2, 0.25) is 10.0 Å².